The van der Waals surface area contributed by atoms with Crippen LogP contribution in [-0.4, -0.2) is 11.2 Å². The lowest BCUT2D eigenvalue weighted by Crippen LogP contribution is -1.82. The van der Waals surface area contributed by atoms with Crippen LogP contribution >= 0.6 is 0 Å². The van der Waals surface area contributed by atoms with Crippen LogP contribution in [0.2, 0.25) is 0 Å². The second kappa shape index (κ2) is 5.15. The number of nitrogens with zero attached hydrogens (tertiary/aromatic N) is 1. The molecule has 3 aromatic carbocycles. The van der Waals surface area contributed by atoms with Gasteiger partial charge in [-0.15, -0.1) is 0 Å². The Hall–Kier alpha value is -2.87. The van der Waals surface area contributed by atoms with Gasteiger partial charge in [-0.2, -0.15) is 0 Å². The van der Waals surface area contributed by atoms with Crippen LogP contribution < -0.4 is 0 Å². The van der Waals surface area contributed by atoms with Gasteiger partial charge in [-0.05, 0) is 35.9 Å². The van der Waals surface area contributed by atoms with Crippen LogP contribution in [0.5, 0.6) is 0 Å². The molecule has 0 bridgehead atoms. The summed E-state index contributed by atoms with van der Waals surface area (Å²) >= 11 is 0. The van der Waals surface area contributed by atoms with E-state index in [0.717, 1.165) is 22.5 Å². The van der Waals surface area contributed by atoms with Gasteiger partial charge in [0.15, 0.2) is 0 Å². The van der Waals surface area contributed by atoms with E-state index < -0.39 is 0 Å². The van der Waals surface area contributed by atoms with Crippen LogP contribution in [0.4, 0.5) is 5.69 Å². The van der Waals surface area contributed by atoms with Crippen LogP contribution in [0.1, 0.15) is 11.3 Å². The molecule has 0 unspecified atom stereocenters. The molecule has 0 radical (unpaired) electrons. The van der Waals surface area contributed by atoms with Gasteiger partial charge < -0.3 is 4.98 Å². The van der Waals surface area contributed by atoms with Crippen LogP contribution in [0.15, 0.2) is 71.7 Å². The molecule has 106 valence electrons. The Morgan fingerprint density at radius 2 is 1.64 bits per heavy atom. The smallest absolute Gasteiger partial charge is 0.0636 e. The monoisotopic (exact) mass is 284 g/mol. The van der Waals surface area contributed by atoms with E-state index in [1.807, 2.05) is 12.3 Å². The summed E-state index contributed by atoms with van der Waals surface area (Å²) in [6.45, 7) is 2.09. The zero-order valence-electron chi connectivity index (χ0n) is 12.4. The van der Waals surface area contributed by atoms with E-state index in [2.05, 4.69) is 77.6 Å². The number of para-hydroxylation sites is 1. The van der Waals surface area contributed by atoms with Crippen molar-refractivity contribution in [2.75, 3.05) is 0 Å². The number of hydrogen-bond acceptors (Lipinski definition) is 1. The van der Waals surface area contributed by atoms with Crippen molar-refractivity contribution in [2.45, 2.75) is 6.92 Å². The van der Waals surface area contributed by atoms with Crippen LogP contribution in [0.25, 0.3) is 21.7 Å². The lowest BCUT2D eigenvalue weighted by atomic mass is 10.1. The standard InChI is InChI=1S/C20H16N2/c1-14-19(18-8-4-5-9-20(18)22-14)13-21-17-11-10-15-6-2-3-7-16(15)12-17/h2-13,22H,1H3. The number of aryl methyl sites for hydroxylation is 1. The Morgan fingerprint density at radius 3 is 2.55 bits per heavy atom. The first-order valence-electron chi connectivity index (χ1n) is 7.41. The maximum absolute atomic E-state index is 4.66. The van der Waals surface area contributed by atoms with Gasteiger partial charge in [-0.3, -0.25) is 4.99 Å². The number of H-pyrrole nitrogens is 1. The second-order valence-corrected chi connectivity index (χ2v) is 5.50. The number of fused-ring (bicyclic) bond motifs is 2. The third kappa shape index (κ3) is 2.19. The highest BCUT2D eigenvalue weighted by atomic mass is 14.7. The van der Waals surface area contributed by atoms with Crippen LogP contribution in [0.3, 0.4) is 0 Å². The van der Waals surface area contributed by atoms with Crippen molar-refractivity contribution in [1.29, 1.82) is 0 Å². The highest BCUT2D eigenvalue weighted by Crippen LogP contribution is 2.23. The fourth-order valence-electron chi connectivity index (χ4n) is 2.86. The molecule has 0 saturated carbocycles. The van der Waals surface area contributed by atoms with Gasteiger partial charge in [-0.25, -0.2) is 0 Å². The number of hydrogen-bond donors (Lipinski definition) is 1. The number of benzene rings is 3. The molecule has 4 aromatic rings. The van der Waals surface area contributed by atoms with Gasteiger partial charge in [0, 0.05) is 28.4 Å². The number of nitrogens with one attached hydrogen (secondary N) is 1. The highest BCUT2D eigenvalue weighted by Gasteiger charge is 2.05. The SMILES string of the molecule is Cc1[nH]c2ccccc2c1C=Nc1ccc2ccccc2c1. The summed E-state index contributed by atoms with van der Waals surface area (Å²) in [6.07, 6.45) is 1.96. The van der Waals surface area contributed by atoms with Crippen molar-refractivity contribution >= 4 is 33.6 Å². The largest absolute Gasteiger partial charge is 0.358 e. The molecule has 1 aromatic heterocycles. The summed E-state index contributed by atoms with van der Waals surface area (Å²) in [4.78, 5) is 8.07. The van der Waals surface area contributed by atoms with E-state index in [-0.39, 0.29) is 0 Å². The van der Waals surface area contributed by atoms with E-state index in [9.17, 15) is 0 Å². The van der Waals surface area contributed by atoms with Crippen molar-refractivity contribution in [1.82, 2.24) is 4.98 Å². The summed E-state index contributed by atoms with van der Waals surface area (Å²) in [5, 5.41) is 3.67. The molecule has 2 heteroatoms. The van der Waals surface area contributed by atoms with Crippen molar-refractivity contribution < 1.29 is 0 Å². The summed E-state index contributed by atoms with van der Waals surface area (Å²) in [7, 11) is 0. The molecule has 0 aliphatic heterocycles. The first-order chi connectivity index (χ1) is 10.8. The summed E-state index contributed by atoms with van der Waals surface area (Å²) < 4.78 is 0. The molecule has 22 heavy (non-hydrogen) atoms. The average Bonchev–Trinajstić information content (AvgIpc) is 2.88. The highest BCUT2D eigenvalue weighted by molar-refractivity contribution is 6.01. The van der Waals surface area contributed by atoms with Gasteiger partial charge in [0.1, 0.15) is 0 Å². The Kier molecular flexibility index (Phi) is 3.01. The fraction of sp³-hybridized carbons (Fsp3) is 0.0500. The average molecular weight is 284 g/mol. The molecule has 0 aliphatic rings. The fourth-order valence-corrected chi connectivity index (χ4v) is 2.86. The topological polar surface area (TPSA) is 28.1 Å². The minimum absolute atomic E-state index is 0.975. The molecular formula is C20H16N2. The van der Waals surface area contributed by atoms with Gasteiger partial charge in [-0.1, -0.05) is 48.5 Å². The van der Waals surface area contributed by atoms with Crippen LogP contribution in [0, 0.1) is 6.92 Å². The molecule has 1 N–H and O–H groups in total. The van der Waals surface area contributed by atoms with Crippen molar-refractivity contribution in [3.8, 4) is 0 Å². The van der Waals surface area contributed by atoms with Gasteiger partial charge in [0.05, 0.1) is 5.69 Å². The molecule has 0 fully saturated rings. The first kappa shape index (κ1) is 12.8. The summed E-state index contributed by atoms with van der Waals surface area (Å²) in [6, 6.07) is 23.0. The second-order valence-electron chi connectivity index (χ2n) is 5.50. The minimum Gasteiger partial charge on any atom is -0.358 e. The third-order valence-electron chi connectivity index (χ3n) is 4.02. The first-order valence-corrected chi connectivity index (χ1v) is 7.41. The molecule has 0 aliphatic carbocycles. The number of aliphatic imine (C=N–C) groups is 1. The minimum atomic E-state index is 0.975. The molecule has 0 saturated heterocycles. The maximum Gasteiger partial charge on any atom is 0.0636 e. The van der Waals surface area contributed by atoms with Crippen molar-refractivity contribution in [2.24, 2.45) is 4.99 Å². The quantitative estimate of drug-likeness (QED) is 0.479. The Morgan fingerprint density at radius 1 is 0.864 bits per heavy atom. The third-order valence-corrected chi connectivity index (χ3v) is 4.02. The molecule has 4 rings (SSSR count). The van der Waals surface area contributed by atoms with Gasteiger partial charge in [0.25, 0.3) is 0 Å². The summed E-state index contributed by atoms with van der Waals surface area (Å²) in [5.74, 6) is 0. The Bertz CT molecular complexity index is 993. The lowest BCUT2D eigenvalue weighted by Gasteiger charge is -1.99. The van der Waals surface area contributed by atoms with E-state index >= 15 is 0 Å². The number of aromatic nitrogens is 1. The van der Waals surface area contributed by atoms with Crippen molar-refractivity contribution in [3.63, 3.8) is 0 Å². The molecule has 0 atom stereocenters. The summed E-state index contributed by atoms with van der Waals surface area (Å²) in [5.41, 5.74) is 4.43. The lowest BCUT2D eigenvalue weighted by molar-refractivity contribution is 1.29. The van der Waals surface area contributed by atoms with E-state index in [1.54, 1.807) is 0 Å². The van der Waals surface area contributed by atoms with Crippen molar-refractivity contribution in [3.05, 3.63) is 78.0 Å². The van der Waals surface area contributed by atoms with E-state index in [0.29, 0.717) is 0 Å². The normalized spacial score (nSPS) is 11.7. The Balaban J connectivity index is 1.77. The van der Waals surface area contributed by atoms with E-state index in [4.69, 9.17) is 0 Å². The molecule has 0 amide bonds. The number of rotatable bonds is 2. The Labute approximate surface area is 129 Å². The van der Waals surface area contributed by atoms with Gasteiger partial charge >= 0.3 is 0 Å². The predicted molar refractivity (Wildman–Crippen MR) is 94.2 cm³/mol. The molecule has 1 heterocycles. The number of aromatic amines is 1. The predicted octanol–water partition coefficient (Wildman–Crippen LogP) is 5.38. The molecule has 0 spiro atoms. The van der Waals surface area contributed by atoms with E-state index in [1.165, 1.54) is 16.2 Å². The molecular weight excluding hydrogens is 268 g/mol. The van der Waals surface area contributed by atoms with Crippen LogP contribution in [-0.2, 0) is 0 Å². The zero-order valence-corrected chi connectivity index (χ0v) is 12.4. The zero-order chi connectivity index (χ0) is 14.9. The van der Waals surface area contributed by atoms with Gasteiger partial charge in [0.2, 0.25) is 0 Å². The molecule has 2 nitrogen and oxygen atoms in total. The maximum atomic E-state index is 4.66.